The molecule has 1 aromatic carbocycles. The molecule has 96 valence electrons. The second kappa shape index (κ2) is 5.74. The summed E-state index contributed by atoms with van der Waals surface area (Å²) in [4.78, 5) is 2.15. The van der Waals surface area contributed by atoms with E-state index in [2.05, 4.69) is 43.1 Å². The van der Waals surface area contributed by atoms with Crippen LogP contribution in [0.1, 0.15) is 30.7 Å². The van der Waals surface area contributed by atoms with Gasteiger partial charge in [-0.15, -0.1) is 0 Å². The van der Waals surface area contributed by atoms with Gasteiger partial charge in [-0.1, -0.05) is 19.1 Å². The van der Waals surface area contributed by atoms with Crippen LogP contribution >= 0.6 is 0 Å². The summed E-state index contributed by atoms with van der Waals surface area (Å²) in [5.41, 5.74) is 8.35. The van der Waals surface area contributed by atoms with Gasteiger partial charge in [0.15, 0.2) is 0 Å². The van der Waals surface area contributed by atoms with Crippen molar-refractivity contribution in [1.82, 2.24) is 0 Å². The molecule has 2 aromatic rings. The van der Waals surface area contributed by atoms with Gasteiger partial charge in [0.1, 0.15) is 5.76 Å². The third-order valence-electron chi connectivity index (χ3n) is 3.17. The van der Waals surface area contributed by atoms with Crippen molar-refractivity contribution in [3.05, 3.63) is 54.0 Å². The summed E-state index contributed by atoms with van der Waals surface area (Å²) in [6, 6.07) is 12.4. The molecule has 0 amide bonds. The fraction of sp³-hybridized carbons (Fsp3) is 0.333. The van der Waals surface area contributed by atoms with Gasteiger partial charge >= 0.3 is 0 Å². The lowest BCUT2D eigenvalue weighted by Crippen LogP contribution is -2.16. The molecule has 2 N–H and O–H groups in total. The molecule has 0 fully saturated rings. The second-order valence-electron chi connectivity index (χ2n) is 4.54. The molecule has 0 radical (unpaired) electrons. The highest BCUT2D eigenvalue weighted by Crippen LogP contribution is 2.20. The Labute approximate surface area is 108 Å². The van der Waals surface area contributed by atoms with E-state index in [4.69, 9.17) is 10.2 Å². The van der Waals surface area contributed by atoms with E-state index in [1.54, 1.807) is 6.26 Å². The summed E-state index contributed by atoms with van der Waals surface area (Å²) in [5.74, 6) is 0.965. The summed E-state index contributed by atoms with van der Waals surface area (Å²) in [6.45, 7) is 2.87. The zero-order chi connectivity index (χ0) is 13.0. The number of furan rings is 1. The van der Waals surface area contributed by atoms with Crippen molar-refractivity contribution in [3.8, 4) is 0 Å². The predicted molar refractivity (Wildman–Crippen MR) is 74.5 cm³/mol. The monoisotopic (exact) mass is 244 g/mol. The van der Waals surface area contributed by atoms with E-state index in [9.17, 15) is 0 Å². The topological polar surface area (TPSA) is 42.4 Å². The molecule has 3 nitrogen and oxygen atoms in total. The minimum atomic E-state index is 0.134. The van der Waals surface area contributed by atoms with Crippen LogP contribution in [0.5, 0.6) is 0 Å². The molecule has 18 heavy (non-hydrogen) atoms. The lowest BCUT2D eigenvalue weighted by molar-refractivity contribution is 0.507. The van der Waals surface area contributed by atoms with Crippen LogP contribution in [0.4, 0.5) is 5.69 Å². The Morgan fingerprint density at radius 3 is 2.50 bits per heavy atom. The molecule has 1 heterocycles. The van der Waals surface area contributed by atoms with Gasteiger partial charge in [-0.05, 0) is 36.2 Å². The van der Waals surface area contributed by atoms with E-state index in [0.29, 0.717) is 0 Å². The van der Waals surface area contributed by atoms with Gasteiger partial charge in [-0.25, -0.2) is 0 Å². The average Bonchev–Trinajstić information content (AvgIpc) is 2.91. The van der Waals surface area contributed by atoms with E-state index in [0.717, 1.165) is 18.7 Å². The summed E-state index contributed by atoms with van der Waals surface area (Å²) in [5, 5.41) is 0. The molecule has 1 aromatic heterocycles. The van der Waals surface area contributed by atoms with Crippen LogP contribution in [0, 0.1) is 0 Å². The fourth-order valence-corrected chi connectivity index (χ4v) is 1.94. The molecule has 0 spiro atoms. The maximum Gasteiger partial charge on any atom is 0.123 e. The van der Waals surface area contributed by atoms with Crippen molar-refractivity contribution in [2.75, 3.05) is 11.9 Å². The van der Waals surface area contributed by atoms with E-state index >= 15 is 0 Å². The zero-order valence-corrected chi connectivity index (χ0v) is 11.0. The Morgan fingerprint density at radius 1 is 1.22 bits per heavy atom. The van der Waals surface area contributed by atoms with Crippen molar-refractivity contribution in [3.63, 3.8) is 0 Å². The molecule has 0 aliphatic carbocycles. The van der Waals surface area contributed by atoms with Crippen molar-refractivity contribution >= 4 is 5.69 Å². The Kier molecular flexibility index (Phi) is 4.05. The number of nitrogens with zero attached hydrogens (tertiary/aromatic N) is 1. The Hall–Kier alpha value is -1.74. The molecule has 0 unspecified atom stereocenters. The van der Waals surface area contributed by atoms with Gasteiger partial charge in [0, 0.05) is 18.8 Å². The van der Waals surface area contributed by atoms with E-state index < -0.39 is 0 Å². The molecule has 1 atom stereocenters. The highest BCUT2D eigenvalue weighted by Gasteiger charge is 2.06. The first-order chi connectivity index (χ1) is 8.70. The molecule has 0 bridgehead atoms. The van der Waals surface area contributed by atoms with Crippen molar-refractivity contribution in [2.45, 2.75) is 25.9 Å². The molecular weight excluding hydrogens is 224 g/mol. The third-order valence-corrected chi connectivity index (χ3v) is 3.17. The van der Waals surface area contributed by atoms with E-state index in [-0.39, 0.29) is 6.04 Å². The number of rotatable bonds is 5. The van der Waals surface area contributed by atoms with Crippen LogP contribution < -0.4 is 10.6 Å². The maximum absolute atomic E-state index is 6.00. The van der Waals surface area contributed by atoms with Crippen LogP contribution in [-0.4, -0.2) is 7.05 Å². The van der Waals surface area contributed by atoms with Gasteiger partial charge in [0.2, 0.25) is 0 Å². The molecular formula is C15H20N2O. The summed E-state index contributed by atoms with van der Waals surface area (Å²) >= 11 is 0. The van der Waals surface area contributed by atoms with Crippen LogP contribution in [-0.2, 0) is 6.54 Å². The number of hydrogen-bond acceptors (Lipinski definition) is 3. The largest absolute Gasteiger partial charge is 0.467 e. The summed E-state index contributed by atoms with van der Waals surface area (Å²) in [7, 11) is 2.05. The highest BCUT2D eigenvalue weighted by atomic mass is 16.3. The lowest BCUT2D eigenvalue weighted by Gasteiger charge is -2.19. The molecule has 0 aliphatic heterocycles. The third kappa shape index (κ3) is 2.93. The van der Waals surface area contributed by atoms with Crippen LogP contribution in [0.15, 0.2) is 47.1 Å². The minimum Gasteiger partial charge on any atom is -0.467 e. The maximum atomic E-state index is 6.00. The number of benzene rings is 1. The second-order valence-corrected chi connectivity index (χ2v) is 4.54. The van der Waals surface area contributed by atoms with Gasteiger partial charge < -0.3 is 15.1 Å². The first kappa shape index (κ1) is 12.7. The van der Waals surface area contributed by atoms with Crippen molar-refractivity contribution in [1.29, 1.82) is 0 Å². The van der Waals surface area contributed by atoms with Gasteiger partial charge in [0.25, 0.3) is 0 Å². The van der Waals surface area contributed by atoms with Crippen molar-refractivity contribution < 1.29 is 4.42 Å². The minimum absolute atomic E-state index is 0.134. The molecule has 2 rings (SSSR count). The Morgan fingerprint density at radius 2 is 1.94 bits per heavy atom. The first-order valence-corrected chi connectivity index (χ1v) is 6.29. The van der Waals surface area contributed by atoms with E-state index in [1.807, 2.05) is 12.1 Å². The molecule has 3 heteroatoms. The standard InChI is InChI=1S/C15H20N2O/c1-3-15(16)12-6-8-13(9-7-12)17(2)11-14-5-4-10-18-14/h4-10,15H,3,11,16H2,1-2H3/t15-/m1/s1. The van der Waals surface area contributed by atoms with Crippen molar-refractivity contribution in [2.24, 2.45) is 5.73 Å². The number of nitrogens with two attached hydrogens (primary N) is 1. The summed E-state index contributed by atoms with van der Waals surface area (Å²) in [6.07, 6.45) is 2.66. The smallest absolute Gasteiger partial charge is 0.123 e. The number of anilines is 1. The van der Waals surface area contributed by atoms with Gasteiger partial charge in [-0.2, -0.15) is 0 Å². The normalized spacial score (nSPS) is 12.4. The predicted octanol–water partition coefficient (Wildman–Crippen LogP) is 3.33. The molecule has 0 saturated carbocycles. The molecule has 0 saturated heterocycles. The Balaban J connectivity index is 2.04. The molecule has 0 aliphatic rings. The van der Waals surface area contributed by atoms with Gasteiger partial charge in [-0.3, -0.25) is 0 Å². The lowest BCUT2D eigenvalue weighted by atomic mass is 10.1. The van der Waals surface area contributed by atoms with Gasteiger partial charge in [0.05, 0.1) is 12.8 Å². The SMILES string of the molecule is CC[C@@H](N)c1ccc(N(C)Cc2ccco2)cc1. The average molecular weight is 244 g/mol. The van der Waals surface area contributed by atoms with Crippen LogP contribution in [0.25, 0.3) is 0 Å². The Bertz CT molecular complexity index is 462. The first-order valence-electron chi connectivity index (χ1n) is 6.29. The van der Waals surface area contributed by atoms with E-state index in [1.165, 1.54) is 11.3 Å². The fourth-order valence-electron chi connectivity index (χ4n) is 1.94. The van der Waals surface area contributed by atoms with Crippen LogP contribution in [0.2, 0.25) is 0 Å². The summed E-state index contributed by atoms with van der Waals surface area (Å²) < 4.78 is 5.34. The number of hydrogen-bond donors (Lipinski definition) is 1. The highest BCUT2D eigenvalue weighted by molar-refractivity contribution is 5.47. The quantitative estimate of drug-likeness (QED) is 0.877. The zero-order valence-electron chi connectivity index (χ0n) is 11.0. The van der Waals surface area contributed by atoms with Crippen LogP contribution in [0.3, 0.4) is 0 Å².